The smallest absolute Gasteiger partial charge is 0.407 e. The zero-order valence-electron chi connectivity index (χ0n) is 18.7. The van der Waals surface area contributed by atoms with Gasteiger partial charge in [0, 0.05) is 15.4 Å². The highest BCUT2D eigenvalue weighted by Gasteiger charge is 2.30. The zero-order valence-corrected chi connectivity index (χ0v) is 21.0. The number of amides is 2. The summed E-state index contributed by atoms with van der Waals surface area (Å²) in [5.41, 5.74) is 5.42. The van der Waals surface area contributed by atoms with Crippen molar-refractivity contribution in [2.75, 3.05) is 11.9 Å². The van der Waals surface area contributed by atoms with E-state index in [1.54, 1.807) is 12.1 Å². The summed E-state index contributed by atoms with van der Waals surface area (Å²) in [6, 6.07) is 17.7. The number of carbonyl (C=O) groups is 3. The Balaban J connectivity index is 1.45. The van der Waals surface area contributed by atoms with Crippen molar-refractivity contribution in [2.45, 2.75) is 25.3 Å². The molecular weight excluding hydrogens is 536 g/mol. The molecule has 0 saturated carbocycles. The van der Waals surface area contributed by atoms with Gasteiger partial charge in [-0.1, -0.05) is 60.1 Å². The Morgan fingerprint density at radius 2 is 1.66 bits per heavy atom. The third-order valence-corrected chi connectivity index (χ3v) is 6.90. The number of hydrogen-bond acceptors (Lipinski definition) is 4. The highest BCUT2D eigenvalue weighted by Crippen LogP contribution is 2.44. The van der Waals surface area contributed by atoms with E-state index in [1.807, 2.05) is 55.5 Å². The first kappa shape index (κ1) is 24.8. The van der Waals surface area contributed by atoms with Gasteiger partial charge in [-0.2, -0.15) is 0 Å². The summed E-state index contributed by atoms with van der Waals surface area (Å²) in [5, 5.41) is 14.7. The standard InChI is InChI=1S/C26H22BrClN2O5/c1-14-10-20(27)22(11-21(14)28)29-25(33)23(12-24(31)32)30-26(34)35-13-19-17-8-4-2-6-15(17)16-7-3-5-9-18(16)19/h2-11,19,23H,12-13H2,1H3,(H,29,33)(H,30,34)(H,31,32). The summed E-state index contributed by atoms with van der Waals surface area (Å²) in [5.74, 6) is -2.11. The molecule has 3 N–H and O–H groups in total. The van der Waals surface area contributed by atoms with E-state index in [2.05, 4.69) is 26.6 Å². The van der Waals surface area contributed by atoms with E-state index < -0.39 is 30.4 Å². The predicted molar refractivity (Wildman–Crippen MR) is 137 cm³/mol. The number of benzene rings is 3. The van der Waals surface area contributed by atoms with Crippen molar-refractivity contribution in [1.29, 1.82) is 0 Å². The number of carbonyl (C=O) groups excluding carboxylic acids is 2. The van der Waals surface area contributed by atoms with Crippen LogP contribution in [0.15, 0.2) is 65.1 Å². The molecule has 0 spiro atoms. The lowest BCUT2D eigenvalue weighted by Gasteiger charge is -2.19. The molecule has 0 bridgehead atoms. The van der Waals surface area contributed by atoms with Crippen molar-refractivity contribution in [2.24, 2.45) is 0 Å². The number of halogens is 2. The monoisotopic (exact) mass is 556 g/mol. The third-order valence-electron chi connectivity index (χ3n) is 5.84. The number of hydrogen-bond donors (Lipinski definition) is 3. The molecule has 1 aliphatic rings. The molecule has 1 unspecified atom stereocenters. The Labute approximate surface area is 215 Å². The van der Waals surface area contributed by atoms with Crippen molar-refractivity contribution in [3.8, 4) is 11.1 Å². The molecule has 4 rings (SSSR count). The van der Waals surface area contributed by atoms with Crippen LogP contribution >= 0.6 is 27.5 Å². The van der Waals surface area contributed by atoms with Crippen LogP contribution in [0.25, 0.3) is 11.1 Å². The Morgan fingerprint density at radius 1 is 1.06 bits per heavy atom. The third kappa shape index (κ3) is 5.49. The second-order valence-electron chi connectivity index (χ2n) is 8.19. The zero-order chi connectivity index (χ0) is 25.1. The van der Waals surface area contributed by atoms with Gasteiger partial charge in [0.15, 0.2) is 0 Å². The lowest BCUT2D eigenvalue weighted by atomic mass is 9.98. The summed E-state index contributed by atoms with van der Waals surface area (Å²) in [6.07, 6.45) is -1.50. The lowest BCUT2D eigenvalue weighted by molar-refractivity contribution is -0.139. The second kappa shape index (κ2) is 10.5. The number of aryl methyl sites for hydroxylation is 1. The molecule has 0 aliphatic heterocycles. The van der Waals surface area contributed by atoms with Gasteiger partial charge in [0.05, 0.1) is 12.1 Å². The molecule has 9 heteroatoms. The van der Waals surface area contributed by atoms with Crippen LogP contribution in [-0.4, -0.2) is 35.7 Å². The first-order valence-corrected chi connectivity index (χ1v) is 12.0. The van der Waals surface area contributed by atoms with Crippen molar-refractivity contribution in [3.63, 3.8) is 0 Å². The summed E-state index contributed by atoms with van der Waals surface area (Å²) < 4.78 is 6.03. The molecule has 3 aromatic rings. The van der Waals surface area contributed by atoms with Crippen molar-refractivity contribution in [1.82, 2.24) is 5.32 Å². The number of aliphatic carboxylic acids is 1. The van der Waals surface area contributed by atoms with Gasteiger partial charge in [0.1, 0.15) is 12.6 Å². The molecule has 0 fully saturated rings. The van der Waals surface area contributed by atoms with Crippen LogP contribution in [0.4, 0.5) is 10.5 Å². The van der Waals surface area contributed by atoms with Gasteiger partial charge >= 0.3 is 12.1 Å². The fraction of sp³-hybridized carbons (Fsp3) is 0.192. The lowest BCUT2D eigenvalue weighted by Crippen LogP contribution is -2.45. The van der Waals surface area contributed by atoms with Gasteiger partial charge in [0.2, 0.25) is 5.91 Å². The number of anilines is 1. The molecule has 180 valence electrons. The number of fused-ring (bicyclic) bond motifs is 3. The molecule has 0 radical (unpaired) electrons. The first-order chi connectivity index (χ1) is 16.7. The van der Waals surface area contributed by atoms with E-state index in [0.29, 0.717) is 15.2 Å². The molecular formula is C26H22BrClN2O5. The van der Waals surface area contributed by atoms with E-state index >= 15 is 0 Å². The predicted octanol–water partition coefficient (Wildman–Crippen LogP) is 5.73. The van der Waals surface area contributed by atoms with E-state index in [4.69, 9.17) is 16.3 Å². The number of ether oxygens (including phenoxy) is 1. The van der Waals surface area contributed by atoms with Gasteiger partial charge in [-0.15, -0.1) is 0 Å². The van der Waals surface area contributed by atoms with Crippen LogP contribution in [0.5, 0.6) is 0 Å². The average molecular weight is 558 g/mol. The Bertz CT molecular complexity index is 1270. The average Bonchev–Trinajstić information content (AvgIpc) is 3.14. The maximum absolute atomic E-state index is 12.8. The minimum absolute atomic E-state index is 0.0421. The minimum atomic E-state index is -1.35. The van der Waals surface area contributed by atoms with Gasteiger partial charge in [-0.25, -0.2) is 4.79 Å². The number of rotatable bonds is 7. The Hall–Kier alpha value is -3.36. The van der Waals surface area contributed by atoms with Crippen LogP contribution in [0.1, 0.15) is 29.0 Å². The molecule has 0 saturated heterocycles. The minimum Gasteiger partial charge on any atom is -0.481 e. The normalized spacial score (nSPS) is 12.9. The number of nitrogens with one attached hydrogen (secondary N) is 2. The van der Waals surface area contributed by atoms with Crippen LogP contribution < -0.4 is 10.6 Å². The highest BCUT2D eigenvalue weighted by atomic mass is 79.9. The Kier molecular flexibility index (Phi) is 7.42. The van der Waals surface area contributed by atoms with Gasteiger partial charge in [0.25, 0.3) is 0 Å². The van der Waals surface area contributed by atoms with E-state index in [1.165, 1.54) is 0 Å². The van der Waals surface area contributed by atoms with Crippen molar-refractivity contribution in [3.05, 3.63) is 86.8 Å². The van der Waals surface area contributed by atoms with Crippen LogP contribution in [0, 0.1) is 6.92 Å². The maximum atomic E-state index is 12.8. The maximum Gasteiger partial charge on any atom is 0.407 e. The van der Waals surface area contributed by atoms with Gasteiger partial charge < -0.3 is 20.5 Å². The highest BCUT2D eigenvalue weighted by molar-refractivity contribution is 9.10. The van der Waals surface area contributed by atoms with Gasteiger partial charge in [-0.3, -0.25) is 9.59 Å². The van der Waals surface area contributed by atoms with E-state index in [-0.39, 0.29) is 12.5 Å². The van der Waals surface area contributed by atoms with Crippen molar-refractivity contribution >= 4 is 51.2 Å². The molecule has 0 aromatic heterocycles. The van der Waals surface area contributed by atoms with E-state index in [9.17, 15) is 19.5 Å². The number of carboxylic acid groups (broad SMARTS) is 1. The Morgan fingerprint density at radius 3 is 2.26 bits per heavy atom. The summed E-state index contributed by atoms with van der Waals surface area (Å²) in [6.45, 7) is 1.85. The number of alkyl carbamates (subject to hydrolysis) is 1. The largest absolute Gasteiger partial charge is 0.481 e. The topological polar surface area (TPSA) is 105 Å². The van der Waals surface area contributed by atoms with E-state index in [0.717, 1.165) is 27.8 Å². The SMILES string of the molecule is Cc1cc(Br)c(NC(=O)C(CC(=O)O)NC(=O)OCC2c3ccccc3-c3ccccc32)cc1Cl. The fourth-order valence-corrected chi connectivity index (χ4v) is 4.85. The van der Waals surface area contributed by atoms with Crippen LogP contribution in [-0.2, 0) is 14.3 Å². The first-order valence-electron chi connectivity index (χ1n) is 10.8. The molecule has 0 heterocycles. The fourth-order valence-electron chi connectivity index (χ4n) is 4.13. The summed E-state index contributed by atoms with van der Waals surface area (Å²) >= 11 is 9.48. The van der Waals surface area contributed by atoms with Gasteiger partial charge in [-0.05, 0) is 62.8 Å². The van der Waals surface area contributed by atoms with Crippen molar-refractivity contribution < 1.29 is 24.2 Å². The molecule has 7 nitrogen and oxygen atoms in total. The van der Waals surface area contributed by atoms with Crippen LogP contribution in [0.3, 0.4) is 0 Å². The molecule has 1 atom stereocenters. The molecule has 1 aliphatic carbocycles. The molecule has 3 aromatic carbocycles. The summed E-state index contributed by atoms with van der Waals surface area (Å²) in [7, 11) is 0. The second-order valence-corrected chi connectivity index (χ2v) is 9.45. The molecule has 35 heavy (non-hydrogen) atoms. The summed E-state index contributed by atoms with van der Waals surface area (Å²) in [4.78, 5) is 36.8. The quantitative estimate of drug-likeness (QED) is 0.344. The van der Waals surface area contributed by atoms with Crippen LogP contribution in [0.2, 0.25) is 5.02 Å². The molecule has 2 amide bonds. The number of carboxylic acids is 1.